The lowest BCUT2D eigenvalue weighted by molar-refractivity contribution is 0.0948. The van der Waals surface area contributed by atoms with Gasteiger partial charge in [-0.25, -0.2) is 4.98 Å². The number of hydrogen-bond donors (Lipinski definition) is 3. The van der Waals surface area contributed by atoms with Gasteiger partial charge in [-0.05, 0) is 30.5 Å². The number of nitrogens with zero attached hydrogens (tertiary/aromatic N) is 1. The average Bonchev–Trinajstić information content (AvgIpc) is 3.18. The number of imidazole rings is 1. The van der Waals surface area contributed by atoms with E-state index in [1.807, 2.05) is 18.2 Å². The molecule has 5 nitrogen and oxygen atoms in total. The first-order chi connectivity index (χ1) is 9.84. The van der Waals surface area contributed by atoms with Gasteiger partial charge >= 0.3 is 0 Å². The van der Waals surface area contributed by atoms with Gasteiger partial charge in [-0.2, -0.15) is 0 Å². The van der Waals surface area contributed by atoms with Crippen molar-refractivity contribution in [3.05, 3.63) is 53.6 Å². The topological polar surface area (TPSA) is 69.8 Å². The molecular weight excluding hydrogens is 252 g/mol. The summed E-state index contributed by atoms with van der Waals surface area (Å²) in [5.41, 5.74) is 1.90. The highest BCUT2D eigenvalue weighted by Gasteiger charge is 2.21. The Kier molecular flexibility index (Phi) is 3.78. The van der Waals surface area contributed by atoms with Crippen LogP contribution in [0.5, 0.6) is 0 Å². The first-order valence-corrected chi connectivity index (χ1v) is 6.90. The molecule has 3 N–H and O–H groups in total. The fourth-order valence-corrected chi connectivity index (χ4v) is 2.63. The largest absolute Gasteiger partial charge is 0.347 e. The van der Waals surface area contributed by atoms with E-state index in [1.165, 1.54) is 0 Å². The van der Waals surface area contributed by atoms with E-state index in [9.17, 15) is 4.79 Å². The van der Waals surface area contributed by atoms with Crippen molar-refractivity contribution in [3.8, 4) is 0 Å². The minimum Gasteiger partial charge on any atom is -0.347 e. The Morgan fingerprint density at radius 3 is 3.05 bits per heavy atom. The Morgan fingerprint density at radius 1 is 1.40 bits per heavy atom. The Bertz CT molecular complexity index is 573. The summed E-state index contributed by atoms with van der Waals surface area (Å²) in [6, 6.07) is 7.86. The van der Waals surface area contributed by atoms with E-state index in [0.29, 0.717) is 12.5 Å². The van der Waals surface area contributed by atoms with Gasteiger partial charge < -0.3 is 15.6 Å². The minimum absolute atomic E-state index is 0.0381. The Balaban J connectivity index is 1.73. The number of amides is 1. The van der Waals surface area contributed by atoms with Gasteiger partial charge in [-0.15, -0.1) is 0 Å². The molecule has 104 valence electrons. The van der Waals surface area contributed by atoms with Crippen LogP contribution in [0.1, 0.15) is 34.1 Å². The molecular formula is C15H18N4O. The summed E-state index contributed by atoms with van der Waals surface area (Å²) in [6.45, 7) is 2.39. The number of H-pyrrole nitrogens is 1. The molecule has 0 aliphatic carbocycles. The number of nitrogens with one attached hydrogen (secondary N) is 3. The summed E-state index contributed by atoms with van der Waals surface area (Å²) >= 11 is 0. The van der Waals surface area contributed by atoms with Gasteiger partial charge in [0.15, 0.2) is 0 Å². The SMILES string of the molecule is O=C(NCc1ncc[nH]1)c1ccccc1C1CCNC1. The van der Waals surface area contributed by atoms with E-state index in [0.717, 1.165) is 36.5 Å². The van der Waals surface area contributed by atoms with Crippen LogP contribution < -0.4 is 10.6 Å². The lowest BCUT2D eigenvalue weighted by Gasteiger charge is -2.14. The molecule has 0 bridgehead atoms. The van der Waals surface area contributed by atoms with Crippen molar-refractivity contribution in [1.82, 2.24) is 20.6 Å². The number of carbonyl (C=O) groups excluding carboxylic acids is 1. The highest BCUT2D eigenvalue weighted by atomic mass is 16.1. The van der Waals surface area contributed by atoms with Gasteiger partial charge in [0, 0.05) is 24.5 Å². The fraction of sp³-hybridized carbons (Fsp3) is 0.333. The van der Waals surface area contributed by atoms with Crippen LogP contribution in [0.4, 0.5) is 0 Å². The maximum absolute atomic E-state index is 12.3. The van der Waals surface area contributed by atoms with Crippen LogP contribution in [0, 0.1) is 0 Å². The van der Waals surface area contributed by atoms with E-state index >= 15 is 0 Å². The van der Waals surface area contributed by atoms with Crippen molar-refractivity contribution in [3.63, 3.8) is 0 Å². The van der Waals surface area contributed by atoms with Crippen molar-refractivity contribution in [2.75, 3.05) is 13.1 Å². The number of aromatic nitrogens is 2. The predicted molar refractivity (Wildman–Crippen MR) is 76.4 cm³/mol. The first kappa shape index (κ1) is 12.9. The van der Waals surface area contributed by atoms with Crippen LogP contribution in [0.3, 0.4) is 0 Å². The first-order valence-electron chi connectivity index (χ1n) is 6.90. The molecule has 1 fully saturated rings. The van der Waals surface area contributed by atoms with Crippen LogP contribution in [0.25, 0.3) is 0 Å². The molecule has 1 unspecified atom stereocenters. The molecule has 5 heteroatoms. The second-order valence-electron chi connectivity index (χ2n) is 5.00. The zero-order chi connectivity index (χ0) is 13.8. The zero-order valence-electron chi connectivity index (χ0n) is 11.2. The molecule has 1 amide bonds. The van der Waals surface area contributed by atoms with Crippen molar-refractivity contribution in [1.29, 1.82) is 0 Å². The molecule has 0 saturated carbocycles. The maximum Gasteiger partial charge on any atom is 0.251 e. The third-order valence-electron chi connectivity index (χ3n) is 3.68. The third-order valence-corrected chi connectivity index (χ3v) is 3.68. The number of rotatable bonds is 4. The fourth-order valence-electron chi connectivity index (χ4n) is 2.63. The summed E-state index contributed by atoms with van der Waals surface area (Å²) in [6.07, 6.45) is 4.52. The second-order valence-corrected chi connectivity index (χ2v) is 5.00. The molecule has 3 rings (SSSR count). The molecule has 2 aromatic rings. The maximum atomic E-state index is 12.3. The lowest BCUT2D eigenvalue weighted by atomic mass is 9.93. The number of carbonyl (C=O) groups is 1. The highest BCUT2D eigenvalue weighted by molar-refractivity contribution is 5.95. The summed E-state index contributed by atoms with van der Waals surface area (Å²) in [5.74, 6) is 1.16. The Hall–Kier alpha value is -2.14. The van der Waals surface area contributed by atoms with Crippen LogP contribution in [-0.4, -0.2) is 29.0 Å². The molecule has 20 heavy (non-hydrogen) atoms. The predicted octanol–water partition coefficient (Wildman–Crippen LogP) is 1.42. The van der Waals surface area contributed by atoms with Gasteiger partial charge in [0.1, 0.15) is 5.82 Å². The van der Waals surface area contributed by atoms with Crippen LogP contribution in [0.2, 0.25) is 0 Å². The van der Waals surface area contributed by atoms with Crippen molar-refractivity contribution >= 4 is 5.91 Å². The summed E-state index contributed by atoms with van der Waals surface area (Å²) in [7, 11) is 0. The molecule has 0 radical (unpaired) electrons. The smallest absolute Gasteiger partial charge is 0.251 e. The molecule has 2 heterocycles. The van der Waals surface area contributed by atoms with Crippen molar-refractivity contribution in [2.45, 2.75) is 18.9 Å². The summed E-state index contributed by atoms with van der Waals surface area (Å²) in [5, 5.41) is 6.26. The monoisotopic (exact) mass is 270 g/mol. The molecule has 1 aromatic carbocycles. The normalized spacial score (nSPS) is 18.1. The van der Waals surface area contributed by atoms with E-state index < -0.39 is 0 Å². The van der Waals surface area contributed by atoms with Crippen LogP contribution >= 0.6 is 0 Å². The van der Waals surface area contributed by atoms with Crippen molar-refractivity contribution < 1.29 is 4.79 Å². The Morgan fingerprint density at radius 2 is 2.30 bits per heavy atom. The van der Waals surface area contributed by atoms with Gasteiger partial charge in [-0.3, -0.25) is 4.79 Å². The number of aromatic amines is 1. The molecule has 1 saturated heterocycles. The minimum atomic E-state index is -0.0381. The van der Waals surface area contributed by atoms with Crippen LogP contribution in [0.15, 0.2) is 36.7 Å². The highest BCUT2D eigenvalue weighted by Crippen LogP contribution is 2.25. The quantitative estimate of drug-likeness (QED) is 0.787. The van der Waals surface area contributed by atoms with Gasteiger partial charge in [0.05, 0.1) is 6.54 Å². The number of hydrogen-bond acceptors (Lipinski definition) is 3. The Labute approximate surface area is 117 Å². The van der Waals surface area contributed by atoms with E-state index in [2.05, 4.69) is 26.7 Å². The second kappa shape index (κ2) is 5.88. The van der Waals surface area contributed by atoms with Crippen molar-refractivity contribution in [2.24, 2.45) is 0 Å². The third kappa shape index (κ3) is 2.72. The van der Waals surface area contributed by atoms with Gasteiger partial charge in [0.25, 0.3) is 5.91 Å². The van der Waals surface area contributed by atoms with E-state index in [-0.39, 0.29) is 5.91 Å². The summed E-state index contributed by atoms with van der Waals surface area (Å²) < 4.78 is 0. The zero-order valence-corrected chi connectivity index (χ0v) is 11.2. The molecule has 0 spiro atoms. The molecule has 1 atom stereocenters. The molecule has 1 aliphatic heterocycles. The van der Waals surface area contributed by atoms with E-state index in [4.69, 9.17) is 0 Å². The average molecular weight is 270 g/mol. The van der Waals surface area contributed by atoms with Gasteiger partial charge in [0.2, 0.25) is 0 Å². The van der Waals surface area contributed by atoms with Gasteiger partial charge in [-0.1, -0.05) is 18.2 Å². The number of benzene rings is 1. The molecule has 1 aliphatic rings. The lowest BCUT2D eigenvalue weighted by Crippen LogP contribution is -2.25. The standard InChI is InChI=1S/C15H18N4O/c20-15(19-10-14-17-7-8-18-14)13-4-2-1-3-12(13)11-5-6-16-9-11/h1-4,7-8,11,16H,5-6,9-10H2,(H,17,18)(H,19,20). The summed E-state index contributed by atoms with van der Waals surface area (Å²) in [4.78, 5) is 19.4. The van der Waals surface area contributed by atoms with E-state index in [1.54, 1.807) is 12.4 Å². The molecule has 1 aromatic heterocycles. The van der Waals surface area contributed by atoms with Crippen LogP contribution in [-0.2, 0) is 6.54 Å².